The number of benzene rings is 1. The molecule has 1 aliphatic rings. The maximum atomic E-state index is 4.62. The van der Waals surface area contributed by atoms with Gasteiger partial charge in [-0.2, -0.15) is 0 Å². The Kier molecular flexibility index (Phi) is 4.00. The van der Waals surface area contributed by atoms with E-state index in [-0.39, 0.29) is 0 Å². The summed E-state index contributed by atoms with van der Waals surface area (Å²) in [4.78, 5) is 4.62. The zero-order valence-corrected chi connectivity index (χ0v) is 12.0. The van der Waals surface area contributed by atoms with Crippen molar-refractivity contribution in [3.63, 3.8) is 0 Å². The largest absolute Gasteiger partial charge is 0.280 e. The molecule has 0 saturated heterocycles. The van der Waals surface area contributed by atoms with Crippen LogP contribution in [0.25, 0.3) is 0 Å². The van der Waals surface area contributed by atoms with Crippen molar-refractivity contribution in [2.45, 2.75) is 46.5 Å². The van der Waals surface area contributed by atoms with Crippen molar-refractivity contribution in [1.29, 1.82) is 0 Å². The first-order valence-electron chi connectivity index (χ1n) is 7.00. The normalized spacial score (nSPS) is 16.4. The molecule has 0 radical (unpaired) electrons. The molecule has 1 heteroatoms. The molecule has 0 bridgehead atoms. The molecule has 0 aromatic heterocycles. The van der Waals surface area contributed by atoms with Crippen molar-refractivity contribution in [2.24, 2.45) is 4.99 Å². The molecular formula is C17H23N. The first-order chi connectivity index (χ1) is 8.65. The monoisotopic (exact) mass is 241 g/mol. The number of allylic oxidation sites excluding steroid dienone is 1. The fraction of sp³-hybridized carbons (Fsp3) is 0.471. The number of aryl methyl sites for hydroxylation is 1. The minimum Gasteiger partial charge on any atom is -0.280 e. The third-order valence-electron chi connectivity index (χ3n) is 3.96. The van der Waals surface area contributed by atoms with E-state index in [1.54, 1.807) is 0 Å². The third kappa shape index (κ3) is 2.55. The van der Waals surface area contributed by atoms with Crippen molar-refractivity contribution >= 4 is 5.71 Å². The highest BCUT2D eigenvalue weighted by molar-refractivity contribution is 6.10. The molecule has 1 heterocycles. The number of rotatable bonds is 4. The SMILES string of the molecule is CCC1=CC(c2ccc(C(C)CC)c(C)c2)=NC1. The molecule has 0 fully saturated rings. The van der Waals surface area contributed by atoms with Gasteiger partial charge in [0.15, 0.2) is 0 Å². The quantitative estimate of drug-likeness (QED) is 0.727. The number of hydrogen-bond acceptors (Lipinski definition) is 1. The van der Waals surface area contributed by atoms with Crippen LogP contribution in [0.2, 0.25) is 0 Å². The Balaban J connectivity index is 2.27. The standard InChI is InChI=1S/C17H23N/c1-5-12(3)16-8-7-15(9-13(16)4)17-10-14(6-2)11-18-17/h7-10,12H,5-6,11H2,1-4H3. The van der Waals surface area contributed by atoms with E-state index in [2.05, 4.69) is 57.0 Å². The lowest BCUT2D eigenvalue weighted by Crippen LogP contribution is -2.00. The third-order valence-corrected chi connectivity index (χ3v) is 3.96. The van der Waals surface area contributed by atoms with E-state index in [4.69, 9.17) is 0 Å². The Morgan fingerprint density at radius 3 is 2.61 bits per heavy atom. The van der Waals surface area contributed by atoms with Crippen LogP contribution in [0.1, 0.15) is 56.2 Å². The summed E-state index contributed by atoms with van der Waals surface area (Å²) in [5.74, 6) is 0.645. The first kappa shape index (κ1) is 13.1. The van der Waals surface area contributed by atoms with Gasteiger partial charge in [-0.1, -0.05) is 32.9 Å². The molecule has 0 spiro atoms. The fourth-order valence-corrected chi connectivity index (χ4v) is 2.47. The zero-order valence-electron chi connectivity index (χ0n) is 12.0. The molecule has 1 aliphatic heterocycles. The molecule has 96 valence electrons. The summed E-state index contributed by atoms with van der Waals surface area (Å²) in [6.45, 7) is 9.84. The van der Waals surface area contributed by atoms with Gasteiger partial charge in [-0.3, -0.25) is 4.99 Å². The average molecular weight is 241 g/mol. The van der Waals surface area contributed by atoms with Crippen molar-refractivity contribution in [3.05, 3.63) is 46.5 Å². The molecule has 1 aromatic rings. The van der Waals surface area contributed by atoms with E-state index < -0.39 is 0 Å². The van der Waals surface area contributed by atoms with Gasteiger partial charge >= 0.3 is 0 Å². The summed E-state index contributed by atoms with van der Waals surface area (Å²) in [6, 6.07) is 6.79. The van der Waals surface area contributed by atoms with Gasteiger partial charge in [-0.15, -0.1) is 0 Å². The molecule has 1 aromatic carbocycles. The lowest BCUT2D eigenvalue weighted by Gasteiger charge is -2.13. The Morgan fingerprint density at radius 2 is 2.06 bits per heavy atom. The lowest BCUT2D eigenvalue weighted by molar-refractivity contribution is 0.728. The van der Waals surface area contributed by atoms with Crippen molar-refractivity contribution in [1.82, 2.24) is 0 Å². The van der Waals surface area contributed by atoms with Crippen LogP contribution in [0, 0.1) is 6.92 Å². The molecule has 1 atom stereocenters. The second-order valence-corrected chi connectivity index (χ2v) is 5.24. The molecule has 0 N–H and O–H groups in total. The molecule has 18 heavy (non-hydrogen) atoms. The van der Waals surface area contributed by atoms with Crippen molar-refractivity contribution in [3.8, 4) is 0 Å². The van der Waals surface area contributed by atoms with Crippen LogP contribution >= 0.6 is 0 Å². The molecule has 2 rings (SSSR count). The van der Waals surface area contributed by atoms with E-state index in [9.17, 15) is 0 Å². The van der Waals surface area contributed by atoms with Crippen molar-refractivity contribution < 1.29 is 0 Å². The highest BCUT2D eigenvalue weighted by Crippen LogP contribution is 2.24. The highest BCUT2D eigenvalue weighted by Gasteiger charge is 2.11. The van der Waals surface area contributed by atoms with Crippen LogP contribution in [0.3, 0.4) is 0 Å². The molecule has 0 amide bonds. The van der Waals surface area contributed by atoms with E-state index >= 15 is 0 Å². The predicted molar refractivity (Wildman–Crippen MR) is 79.7 cm³/mol. The first-order valence-corrected chi connectivity index (χ1v) is 7.00. The van der Waals surface area contributed by atoms with Gasteiger partial charge in [0.25, 0.3) is 0 Å². The van der Waals surface area contributed by atoms with Crippen LogP contribution in [0.15, 0.2) is 34.8 Å². The maximum absolute atomic E-state index is 4.62. The van der Waals surface area contributed by atoms with Crippen LogP contribution < -0.4 is 0 Å². The summed E-state index contributed by atoms with van der Waals surface area (Å²) in [5, 5.41) is 0. The van der Waals surface area contributed by atoms with Crippen LogP contribution in [0.5, 0.6) is 0 Å². The average Bonchev–Trinajstić information content (AvgIpc) is 2.86. The van der Waals surface area contributed by atoms with Gasteiger partial charge in [0.05, 0.1) is 12.3 Å². The van der Waals surface area contributed by atoms with Crippen molar-refractivity contribution in [2.75, 3.05) is 6.54 Å². The van der Waals surface area contributed by atoms with Crippen LogP contribution in [-0.2, 0) is 0 Å². The lowest BCUT2D eigenvalue weighted by atomic mass is 9.92. The van der Waals surface area contributed by atoms with Crippen LogP contribution in [0.4, 0.5) is 0 Å². The maximum Gasteiger partial charge on any atom is 0.0650 e. The molecule has 1 nitrogen and oxygen atoms in total. The summed E-state index contributed by atoms with van der Waals surface area (Å²) < 4.78 is 0. The summed E-state index contributed by atoms with van der Waals surface area (Å²) >= 11 is 0. The molecule has 1 unspecified atom stereocenters. The minimum atomic E-state index is 0.645. The summed E-state index contributed by atoms with van der Waals surface area (Å²) in [6.07, 6.45) is 4.55. The topological polar surface area (TPSA) is 12.4 Å². The van der Waals surface area contributed by atoms with E-state index in [1.165, 1.54) is 28.7 Å². The molecular weight excluding hydrogens is 218 g/mol. The molecule has 0 saturated carbocycles. The van der Waals surface area contributed by atoms with E-state index in [0.29, 0.717) is 5.92 Å². The summed E-state index contributed by atoms with van der Waals surface area (Å²) in [5.41, 5.74) is 6.73. The summed E-state index contributed by atoms with van der Waals surface area (Å²) in [7, 11) is 0. The highest BCUT2D eigenvalue weighted by atomic mass is 14.8. The Hall–Kier alpha value is -1.37. The van der Waals surface area contributed by atoms with Gasteiger partial charge in [-0.25, -0.2) is 0 Å². The molecule has 0 aliphatic carbocycles. The predicted octanol–water partition coefficient (Wildman–Crippen LogP) is 4.65. The van der Waals surface area contributed by atoms with Gasteiger partial charge in [-0.05, 0) is 60.1 Å². The number of aliphatic imine (C=N–C) groups is 1. The number of nitrogens with zero attached hydrogens (tertiary/aromatic N) is 1. The smallest absolute Gasteiger partial charge is 0.0650 e. The fourth-order valence-electron chi connectivity index (χ4n) is 2.47. The Labute approximate surface area is 111 Å². The van der Waals surface area contributed by atoms with E-state index in [1.807, 2.05) is 0 Å². The zero-order chi connectivity index (χ0) is 13.1. The van der Waals surface area contributed by atoms with Gasteiger partial charge in [0, 0.05) is 0 Å². The Bertz CT molecular complexity index is 494. The van der Waals surface area contributed by atoms with Crippen LogP contribution in [-0.4, -0.2) is 12.3 Å². The van der Waals surface area contributed by atoms with E-state index in [0.717, 1.165) is 18.7 Å². The Morgan fingerprint density at radius 1 is 1.28 bits per heavy atom. The second kappa shape index (κ2) is 5.51. The van der Waals surface area contributed by atoms with Gasteiger partial charge in [0.2, 0.25) is 0 Å². The van der Waals surface area contributed by atoms with Gasteiger partial charge < -0.3 is 0 Å². The minimum absolute atomic E-state index is 0.645. The van der Waals surface area contributed by atoms with Gasteiger partial charge in [0.1, 0.15) is 0 Å². The number of hydrogen-bond donors (Lipinski definition) is 0. The second-order valence-electron chi connectivity index (χ2n) is 5.24.